The Balaban J connectivity index is 0.00000160. The van der Waals surface area contributed by atoms with E-state index in [9.17, 15) is 10.4 Å². The van der Waals surface area contributed by atoms with Crippen LogP contribution < -0.4 is 5.32 Å². The molecule has 0 bridgehead atoms. The second kappa shape index (κ2) is 9.14. The maximum atomic E-state index is 9.93. The van der Waals surface area contributed by atoms with Crippen LogP contribution in [0.4, 0.5) is 0 Å². The molecule has 0 spiro atoms. The van der Waals surface area contributed by atoms with Crippen molar-refractivity contribution in [3.05, 3.63) is 71.8 Å². The third-order valence-electron chi connectivity index (χ3n) is 6.35. The standard InChI is InChI=1S/C26H24N6O2.3H2/c1-17-25(23-13-21(32-34-23)19-4-2-18(15-33)3-5-19)31-22(14-30-17)20-6-9-29-24(12-20)26(16-27)7-10-28-11-8-26;;;/h2-6,9,12-14,28,33H,7-8,10-11,15H2,1H3;3*1H. The number of nitriles is 1. The highest BCUT2D eigenvalue weighted by Crippen LogP contribution is 2.34. The minimum Gasteiger partial charge on any atom is -0.392 e. The molecule has 0 unspecified atom stereocenters. The first-order chi connectivity index (χ1) is 16.6. The van der Waals surface area contributed by atoms with Gasteiger partial charge in [0.05, 0.1) is 36.0 Å². The summed E-state index contributed by atoms with van der Waals surface area (Å²) in [4.78, 5) is 13.9. The summed E-state index contributed by atoms with van der Waals surface area (Å²) in [7, 11) is 0. The molecule has 3 aromatic heterocycles. The minimum atomic E-state index is -0.590. The van der Waals surface area contributed by atoms with Crippen LogP contribution in [0, 0.1) is 18.3 Å². The third-order valence-corrected chi connectivity index (χ3v) is 6.35. The molecule has 1 aromatic carbocycles. The fraction of sp³-hybridized carbons (Fsp3) is 0.269. The van der Waals surface area contributed by atoms with Crippen LogP contribution in [-0.4, -0.2) is 38.3 Å². The smallest absolute Gasteiger partial charge is 0.187 e. The van der Waals surface area contributed by atoms with E-state index in [0.717, 1.165) is 54.0 Å². The summed E-state index contributed by atoms with van der Waals surface area (Å²) in [6.07, 6.45) is 4.91. The molecule has 4 heterocycles. The van der Waals surface area contributed by atoms with Gasteiger partial charge in [0.1, 0.15) is 16.8 Å². The van der Waals surface area contributed by atoms with Gasteiger partial charge in [-0.3, -0.25) is 9.97 Å². The Labute approximate surface area is 201 Å². The van der Waals surface area contributed by atoms with E-state index in [-0.39, 0.29) is 10.9 Å². The molecule has 5 rings (SSSR count). The van der Waals surface area contributed by atoms with Crippen molar-refractivity contribution in [2.45, 2.75) is 31.8 Å². The quantitative estimate of drug-likeness (QED) is 0.447. The zero-order valence-electron chi connectivity index (χ0n) is 18.8. The maximum absolute atomic E-state index is 9.93. The number of rotatable bonds is 5. The molecule has 0 saturated carbocycles. The van der Waals surface area contributed by atoms with Crippen molar-refractivity contribution in [1.82, 2.24) is 25.4 Å². The summed E-state index contributed by atoms with van der Waals surface area (Å²) in [5.74, 6) is 0.522. The third kappa shape index (κ3) is 4.07. The van der Waals surface area contributed by atoms with Crippen molar-refractivity contribution in [1.29, 1.82) is 5.26 Å². The van der Waals surface area contributed by atoms with Crippen LogP contribution in [0.2, 0.25) is 0 Å². The molecule has 1 fully saturated rings. The molecule has 1 aliphatic rings. The normalized spacial score (nSPS) is 15.1. The van der Waals surface area contributed by atoms with Gasteiger partial charge in [-0.15, -0.1) is 0 Å². The summed E-state index contributed by atoms with van der Waals surface area (Å²) in [5, 5.41) is 26.7. The van der Waals surface area contributed by atoms with Crippen molar-refractivity contribution >= 4 is 0 Å². The summed E-state index contributed by atoms with van der Waals surface area (Å²) in [6, 6.07) is 15.7. The van der Waals surface area contributed by atoms with E-state index in [4.69, 9.17) is 9.51 Å². The van der Waals surface area contributed by atoms with Crippen LogP contribution in [0.1, 0.15) is 34.1 Å². The second-order valence-corrected chi connectivity index (χ2v) is 8.49. The van der Waals surface area contributed by atoms with Gasteiger partial charge in [-0.1, -0.05) is 29.4 Å². The van der Waals surface area contributed by atoms with Crippen LogP contribution >= 0.6 is 0 Å². The van der Waals surface area contributed by atoms with Gasteiger partial charge >= 0.3 is 0 Å². The van der Waals surface area contributed by atoms with Gasteiger partial charge in [-0.2, -0.15) is 5.26 Å². The molecular weight excluding hydrogens is 428 g/mol. The monoisotopic (exact) mass is 458 g/mol. The van der Waals surface area contributed by atoms with Crippen LogP contribution in [0.5, 0.6) is 0 Å². The Morgan fingerprint density at radius 1 is 1.09 bits per heavy atom. The number of aryl methyl sites for hydroxylation is 1. The highest BCUT2D eigenvalue weighted by Gasteiger charge is 2.35. The molecule has 0 atom stereocenters. The number of nitrogens with zero attached hydrogens (tertiary/aromatic N) is 5. The number of hydrogen-bond acceptors (Lipinski definition) is 8. The van der Waals surface area contributed by atoms with E-state index < -0.39 is 5.41 Å². The Kier molecular flexibility index (Phi) is 5.88. The van der Waals surface area contributed by atoms with E-state index in [1.807, 2.05) is 49.4 Å². The number of aliphatic hydroxyl groups is 1. The van der Waals surface area contributed by atoms with Crippen LogP contribution in [0.25, 0.3) is 34.0 Å². The van der Waals surface area contributed by atoms with Gasteiger partial charge in [-0.25, -0.2) is 4.98 Å². The lowest BCUT2D eigenvalue weighted by molar-refractivity contribution is 0.282. The first kappa shape index (κ1) is 21.9. The molecule has 0 amide bonds. The van der Waals surface area contributed by atoms with E-state index in [1.165, 1.54) is 0 Å². The van der Waals surface area contributed by atoms with E-state index in [0.29, 0.717) is 22.8 Å². The molecule has 8 nitrogen and oxygen atoms in total. The molecule has 1 saturated heterocycles. The average molecular weight is 459 g/mol. The maximum Gasteiger partial charge on any atom is 0.187 e. The number of hydrogen-bond donors (Lipinski definition) is 2. The van der Waals surface area contributed by atoms with Gasteiger partial charge < -0.3 is 14.9 Å². The predicted octanol–water partition coefficient (Wildman–Crippen LogP) is 4.54. The van der Waals surface area contributed by atoms with Crippen molar-refractivity contribution < 1.29 is 13.9 Å². The van der Waals surface area contributed by atoms with Crippen LogP contribution in [0.3, 0.4) is 0 Å². The number of benzene rings is 1. The van der Waals surface area contributed by atoms with Gasteiger partial charge in [0.15, 0.2) is 5.76 Å². The van der Waals surface area contributed by atoms with E-state index >= 15 is 0 Å². The van der Waals surface area contributed by atoms with E-state index in [2.05, 4.69) is 26.5 Å². The molecule has 4 aromatic rings. The number of piperidine rings is 1. The Morgan fingerprint density at radius 3 is 2.62 bits per heavy atom. The van der Waals surface area contributed by atoms with Gasteiger partial charge in [-0.05, 0) is 50.6 Å². The molecule has 176 valence electrons. The van der Waals surface area contributed by atoms with Crippen molar-refractivity contribution in [2.24, 2.45) is 0 Å². The fourth-order valence-corrected chi connectivity index (χ4v) is 4.26. The topological polar surface area (TPSA) is 121 Å². The molecular formula is C26H30N6O2. The summed E-state index contributed by atoms with van der Waals surface area (Å²) < 4.78 is 5.62. The Morgan fingerprint density at radius 2 is 1.88 bits per heavy atom. The number of pyridine rings is 1. The zero-order chi connectivity index (χ0) is 23.5. The van der Waals surface area contributed by atoms with Crippen molar-refractivity contribution in [3.8, 4) is 40.0 Å². The first-order valence-electron chi connectivity index (χ1n) is 11.2. The molecule has 8 heteroatoms. The van der Waals surface area contributed by atoms with Crippen LogP contribution in [0.15, 0.2) is 59.4 Å². The second-order valence-electron chi connectivity index (χ2n) is 8.49. The molecule has 0 radical (unpaired) electrons. The van der Waals surface area contributed by atoms with Gasteiger partial charge in [0.25, 0.3) is 0 Å². The summed E-state index contributed by atoms with van der Waals surface area (Å²) in [5.41, 5.74) is 5.45. The lowest BCUT2D eigenvalue weighted by atomic mass is 9.77. The minimum absolute atomic E-state index is 0. The molecule has 34 heavy (non-hydrogen) atoms. The highest BCUT2D eigenvalue weighted by atomic mass is 16.5. The SMILES string of the molecule is Cc1ncc(-c2ccnc(C3(C#N)CCNCC3)c2)nc1-c1cc(-c2ccc(CO)cc2)no1.[HH].[HH].[HH]. The number of aromatic nitrogens is 4. The molecule has 1 aliphatic heterocycles. The van der Waals surface area contributed by atoms with Crippen molar-refractivity contribution in [2.75, 3.05) is 13.1 Å². The number of nitrogens with one attached hydrogen (secondary N) is 1. The summed E-state index contributed by atoms with van der Waals surface area (Å²) in [6.45, 7) is 3.46. The van der Waals surface area contributed by atoms with Crippen molar-refractivity contribution in [3.63, 3.8) is 0 Å². The first-order valence-corrected chi connectivity index (χ1v) is 11.2. The highest BCUT2D eigenvalue weighted by molar-refractivity contribution is 5.68. The molecule has 0 aliphatic carbocycles. The number of aliphatic hydroxyl groups excluding tert-OH is 1. The fourth-order valence-electron chi connectivity index (χ4n) is 4.26. The van der Waals surface area contributed by atoms with E-state index in [1.54, 1.807) is 12.4 Å². The zero-order valence-corrected chi connectivity index (χ0v) is 18.8. The largest absolute Gasteiger partial charge is 0.392 e. The summed E-state index contributed by atoms with van der Waals surface area (Å²) >= 11 is 0. The van der Waals surface area contributed by atoms with Gasteiger partial charge in [0, 0.05) is 27.7 Å². The predicted molar refractivity (Wildman–Crippen MR) is 133 cm³/mol. The molecule has 2 N–H and O–H groups in total. The lowest BCUT2D eigenvalue weighted by Gasteiger charge is -2.30. The van der Waals surface area contributed by atoms with Crippen LogP contribution in [-0.2, 0) is 12.0 Å². The average Bonchev–Trinajstić information content (AvgIpc) is 3.39. The Bertz CT molecular complexity index is 1370. The van der Waals surface area contributed by atoms with Gasteiger partial charge in [0.2, 0.25) is 0 Å². The lowest BCUT2D eigenvalue weighted by Crippen LogP contribution is -2.39. The Hall–Kier alpha value is -3.93.